The van der Waals surface area contributed by atoms with Gasteiger partial charge in [-0.05, 0) is 43.2 Å². The van der Waals surface area contributed by atoms with Crippen LogP contribution >= 0.6 is 0 Å². The van der Waals surface area contributed by atoms with Crippen LogP contribution in [0.25, 0.3) is 10.9 Å². The molecule has 0 aliphatic carbocycles. The normalized spacial score (nSPS) is 16.3. The predicted molar refractivity (Wildman–Crippen MR) is 121 cm³/mol. The number of ether oxygens (including phenoxy) is 1. The van der Waals surface area contributed by atoms with Crippen molar-refractivity contribution in [2.24, 2.45) is 0 Å². The van der Waals surface area contributed by atoms with Crippen molar-refractivity contribution in [3.05, 3.63) is 58.0 Å². The molecule has 0 unspecified atom stereocenters. The van der Waals surface area contributed by atoms with Crippen LogP contribution in [0.4, 0.5) is 17.2 Å². The van der Waals surface area contributed by atoms with E-state index in [1.54, 1.807) is 12.1 Å². The number of aryl methyl sites for hydroxylation is 1. The lowest BCUT2D eigenvalue weighted by atomic mass is 10.1. The first-order valence-electron chi connectivity index (χ1n) is 10.6. The summed E-state index contributed by atoms with van der Waals surface area (Å²) in [5.74, 6) is 0.490. The number of nitrogens with zero attached hydrogens (tertiary/aromatic N) is 3. The fraction of sp³-hybridized carbons (Fsp3) is 0.348. The molecule has 160 valence electrons. The summed E-state index contributed by atoms with van der Waals surface area (Å²) in [6.45, 7) is 6.53. The second-order valence-electron chi connectivity index (χ2n) is 8.04. The zero-order valence-corrected chi connectivity index (χ0v) is 17.5. The minimum absolute atomic E-state index is 0.133. The van der Waals surface area contributed by atoms with E-state index >= 15 is 0 Å². The van der Waals surface area contributed by atoms with Crippen LogP contribution in [-0.2, 0) is 4.74 Å². The lowest BCUT2D eigenvalue weighted by Crippen LogP contribution is -2.39. The summed E-state index contributed by atoms with van der Waals surface area (Å²) in [5, 5.41) is 3.93. The summed E-state index contributed by atoms with van der Waals surface area (Å²) in [4.78, 5) is 36.9. The quantitative estimate of drug-likeness (QED) is 0.675. The van der Waals surface area contributed by atoms with Crippen LogP contribution in [-0.4, -0.2) is 55.3 Å². The maximum atomic E-state index is 13.3. The summed E-state index contributed by atoms with van der Waals surface area (Å²) < 4.78 is 5.46. The van der Waals surface area contributed by atoms with Crippen molar-refractivity contribution >= 4 is 34.0 Å². The molecule has 0 atom stereocenters. The highest BCUT2D eigenvalue weighted by Crippen LogP contribution is 2.28. The summed E-state index contributed by atoms with van der Waals surface area (Å²) >= 11 is 0. The zero-order chi connectivity index (χ0) is 21.4. The highest BCUT2D eigenvalue weighted by atomic mass is 16.5. The lowest BCUT2D eigenvalue weighted by Gasteiger charge is -2.34. The Morgan fingerprint density at radius 2 is 1.90 bits per heavy atom. The number of anilines is 3. The van der Waals surface area contributed by atoms with E-state index in [1.165, 1.54) is 0 Å². The molecule has 2 aliphatic heterocycles. The van der Waals surface area contributed by atoms with Crippen LogP contribution in [0.3, 0.4) is 0 Å². The zero-order valence-electron chi connectivity index (χ0n) is 17.5. The number of morpholine rings is 1. The molecule has 8 nitrogen and oxygen atoms in total. The number of hydrogen-bond acceptors (Lipinski definition) is 6. The summed E-state index contributed by atoms with van der Waals surface area (Å²) in [6, 6.07) is 9.01. The molecule has 2 aromatic heterocycles. The van der Waals surface area contributed by atoms with E-state index in [0.29, 0.717) is 43.4 Å². The van der Waals surface area contributed by atoms with Crippen LogP contribution in [0.5, 0.6) is 0 Å². The number of H-pyrrole nitrogens is 1. The second-order valence-corrected chi connectivity index (χ2v) is 8.04. The van der Waals surface area contributed by atoms with E-state index in [1.807, 2.05) is 31.3 Å². The highest BCUT2D eigenvalue weighted by Gasteiger charge is 2.24. The van der Waals surface area contributed by atoms with Gasteiger partial charge >= 0.3 is 0 Å². The van der Waals surface area contributed by atoms with Crippen LogP contribution in [0.1, 0.15) is 22.3 Å². The molecule has 4 heterocycles. The molecule has 3 aromatic rings. The van der Waals surface area contributed by atoms with Gasteiger partial charge in [0.05, 0.1) is 30.7 Å². The van der Waals surface area contributed by atoms with Gasteiger partial charge in [0, 0.05) is 48.8 Å². The monoisotopic (exact) mass is 419 g/mol. The van der Waals surface area contributed by atoms with Crippen molar-refractivity contribution in [2.75, 3.05) is 54.5 Å². The van der Waals surface area contributed by atoms with Gasteiger partial charge in [0.2, 0.25) is 5.56 Å². The van der Waals surface area contributed by atoms with Crippen molar-refractivity contribution < 1.29 is 9.53 Å². The molecule has 0 spiro atoms. The number of carbonyl (C=O) groups is 1. The molecule has 5 rings (SSSR count). The Morgan fingerprint density at radius 1 is 1.10 bits per heavy atom. The standard InChI is InChI=1S/C23H25N5O3/c1-15-11-21(29)26-20-4-3-16(12-18(15)20)25-23(30)19-13-17(27-5-2-6-27)14-24-22(19)28-7-9-31-10-8-28/h3-4,11-14H,2,5-10H2,1H3,(H,25,30)(H,26,29). The van der Waals surface area contributed by atoms with Crippen molar-refractivity contribution in [3.63, 3.8) is 0 Å². The number of fused-ring (bicyclic) bond motifs is 1. The third-order valence-electron chi connectivity index (χ3n) is 5.94. The van der Waals surface area contributed by atoms with Crippen LogP contribution in [0.15, 0.2) is 41.3 Å². The minimum atomic E-state index is -0.196. The molecule has 2 N–H and O–H groups in total. The number of carbonyl (C=O) groups excluding carboxylic acids is 1. The van der Waals surface area contributed by atoms with E-state index in [2.05, 4.69) is 25.1 Å². The fourth-order valence-electron chi connectivity index (χ4n) is 4.09. The van der Waals surface area contributed by atoms with Crippen molar-refractivity contribution in [2.45, 2.75) is 13.3 Å². The number of aromatic amines is 1. The van der Waals surface area contributed by atoms with Crippen molar-refractivity contribution in [3.8, 4) is 0 Å². The van der Waals surface area contributed by atoms with E-state index in [0.717, 1.165) is 41.7 Å². The number of amides is 1. The average molecular weight is 419 g/mol. The predicted octanol–water partition coefficient (Wildman–Crippen LogP) is 2.53. The molecule has 2 aliphatic rings. The Labute approximate surface area is 179 Å². The van der Waals surface area contributed by atoms with Gasteiger partial charge in [0.25, 0.3) is 5.91 Å². The molecule has 2 saturated heterocycles. The van der Waals surface area contributed by atoms with Gasteiger partial charge in [-0.25, -0.2) is 4.98 Å². The fourth-order valence-corrected chi connectivity index (χ4v) is 4.09. The summed E-state index contributed by atoms with van der Waals surface area (Å²) in [6.07, 6.45) is 3.02. The molecule has 1 aromatic carbocycles. The SMILES string of the molecule is Cc1cc(=O)[nH]c2ccc(NC(=O)c3cc(N4CCC4)cnc3N3CCOCC3)cc12. The number of pyridine rings is 2. The first-order valence-corrected chi connectivity index (χ1v) is 10.6. The Hall–Kier alpha value is -3.39. The molecule has 2 fully saturated rings. The number of hydrogen-bond donors (Lipinski definition) is 2. The van der Waals surface area contributed by atoms with Gasteiger partial charge in [-0.1, -0.05) is 0 Å². The Morgan fingerprint density at radius 3 is 2.65 bits per heavy atom. The molecule has 0 saturated carbocycles. The number of rotatable bonds is 4. The van der Waals surface area contributed by atoms with E-state index < -0.39 is 0 Å². The Balaban J connectivity index is 1.48. The largest absolute Gasteiger partial charge is 0.378 e. The average Bonchev–Trinajstić information content (AvgIpc) is 2.73. The molecular formula is C23H25N5O3. The Bertz CT molecular complexity index is 1200. The van der Waals surface area contributed by atoms with Gasteiger partial charge in [-0.15, -0.1) is 0 Å². The summed E-state index contributed by atoms with van der Waals surface area (Å²) in [5.41, 5.74) is 3.69. The molecule has 0 bridgehead atoms. The van der Waals surface area contributed by atoms with Gasteiger partial charge in [-0.3, -0.25) is 9.59 Å². The topological polar surface area (TPSA) is 90.6 Å². The van der Waals surface area contributed by atoms with Gasteiger partial charge < -0.3 is 24.8 Å². The molecule has 0 radical (unpaired) electrons. The van der Waals surface area contributed by atoms with E-state index in [4.69, 9.17) is 4.74 Å². The van der Waals surface area contributed by atoms with Gasteiger partial charge in [0.1, 0.15) is 5.82 Å². The maximum absolute atomic E-state index is 13.3. The first-order chi connectivity index (χ1) is 15.1. The second kappa shape index (κ2) is 8.03. The van der Waals surface area contributed by atoms with E-state index in [9.17, 15) is 9.59 Å². The minimum Gasteiger partial charge on any atom is -0.378 e. The number of aromatic nitrogens is 2. The Kier molecular flexibility index (Phi) is 5.07. The number of nitrogens with one attached hydrogen (secondary N) is 2. The maximum Gasteiger partial charge on any atom is 0.259 e. The van der Waals surface area contributed by atoms with Crippen LogP contribution in [0.2, 0.25) is 0 Å². The first kappa shape index (κ1) is 19.6. The smallest absolute Gasteiger partial charge is 0.259 e. The summed E-state index contributed by atoms with van der Waals surface area (Å²) in [7, 11) is 0. The van der Waals surface area contributed by atoms with Gasteiger partial charge in [-0.2, -0.15) is 0 Å². The molecule has 1 amide bonds. The van der Waals surface area contributed by atoms with Crippen LogP contribution < -0.4 is 20.7 Å². The lowest BCUT2D eigenvalue weighted by molar-refractivity contribution is 0.102. The van der Waals surface area contributed by atoms with Crippen molar-refractivity contribution in [1.29, 1.82) is 0 Å². The van der Waals surface area contributed by atoms with Gasteiger partial charge in [0.15, 0.2) is 0 Å². The van der Waals surface area contributed by atoms with E-state index in [-0.39, 0.29) is 11.5 Å². The molecular weight excluding hydrogens is 394 g/mol. The third kappa shape index (κ3) is 3.86. The van der Waals surface area contributed by atoms with Crippen molar-refractivity contribution in [1.82, 2.24) is 9.97 Å². The number of benzene rings is 1. The molecule has 31 heavy (non-hydrogen) atoms. The third-order valence-corrected chi connectivity index (χ3v) is 5.94. The molecule has 8 heteroatoms. The van der Waals surface area contributed by atoms with Crippen LogP contribution in [0, 0.1) is 6.92 Å². The highest BCUT2D eigenvalue weighted by molar-refractivity contribution is 6.08.